The number of rotatable bonds is 4. The van der Waals surface area contributed by atoms with Crippen LogP contribution in [0.2, 0.25) is 0 Å². The molecule has 0 spiro atoms. The molecule has 4 nitrogen and oxygen atoms in total. The van der Waals surface area contributed by atoms with Gasteiger partial charge in [-0.05, 0) is 99.1 Å². The van der Waals surface area contributed by atoms with Crippen molar-refractivity contribution in [2.24, 2.45) is 0 Å². The zero-order valence-electron chi connectivity index (χ0n) is 34.0. The number of hydrogen-bond donors (Lipinski definition) is 0. The predicted molar refractivity (Wildman–Crippen MR) is 264 cm³/mol. The van der Waals surface area contributed by atoms with Crippen LogP contribution in [0.4, 0.5) is 0 Å². The van der Waals surface area contributed by atoms with Crippen LogP contribution in [0.1, 0.15) is 0 Å². The van der Waals surface area contributed by atoms with Crippen LogP contribution in [0.3, 0.4) is 0 Å². The molecule has 10 aromatic carbocycles. The minimum Gasteiger partial charge on any atom is -0.307 e. The van der Waals surface area contributed by atoms with E-state index in [4.69, 9.17) is 0 Å². The van der Waals surface area contributed by atoms with Gasteiger partial charge in [-0.3, -0.25) is 9.20 Å². The largest absolute Gasteiger partial charge is 0.307 e. The van der Waals surface area contributed by atoms with Crippen molar-refractivity contribution in [1.82, 2.24) is 13.5 Å². The molecule has 4 heteroatoms. The third kappa shape index (κ3) is 4.72. The average Bonchev–Trinajstić information content (AvgIpc) is 3.99. The molecular weight excluding hydrogens is 767 g/mol. The molecule has 0 aliphatic heterocycles. The summed E-state index contributed by atoms with van der Waals surface area (Å²) in [5.41, 5.74) is 13.5. The van der Waals surface area contributed by atoms with Gasteiger partial charge in [-0.15, -0.1) is 0 Å². The minimum absolute atomic E-state index is 0.0224. The van der Waals surface area contributed by atoms with Crippen LogP contribution in [0, 0.1) is 0 Å². The smallest absolute Gasteiger partial charge is 0.263 e. The van der Waals surface area contributed by atoms with Crippen molar-refractivity contribution in [3.8, 4) is 33.6 Å². The van der Waals surface area contributed by atoms with E-state index in [2.05, 4.69) is 197 Å². The summed E-state index contributed by atoms with van der Waals surface area (Å²) in [6.45, 7) is 0. The fourth-order valence-electron chi connectivity index (χ4n) is 10.8. The highest BCUT2D eigenvalue weighted by Gasteiger charge is 2.22. The number of benzene rings is 10. The van der Waals surface area contributed by atoms with Crippen LogP contribution in [-0.4, -0.2) is 13.5 Å². The molecule has 63 heavy (non-hydrogen) atoms. The first kappa shape index (κ1) is 34.3. The fraction of sp³-hybridized carbons (Fsp3) is 0. The van der Waals surface area contributed by atoms with Gasteiger partial charge in [-0.25, -0.2) is 0 Å². The summed E-state index contributed by atoms with van der Waals surface area (Å²) in [5.74, 6) is 0. The first-order valence-electron chi connectivity index (χ1n) is 21.6. The molecule has 0 saturated heterocycles. The normalized spacial score (nSPS) is 12.2. The van der Waals surface area contributed by atoms with Crippen molar-refractivity contribution in [3.05, 3.63) is 223 Å². The van der Waals surface area contributed by atoms with E-state index >= 15 is 0 Å². The summed E-state index contributed by atoms with van der Waals surface area (Å²) in [7, 11) is 0. The maximum atomic E-state index is 14.1. The fourth-order valence-corrected chi connectivity index (χ4v) is 10.8. The minimum atomic E-state index is 0.0224. The molecule has 0 fully saturated rings. The number of hydrogen-bond acceptors (Lipinski definition) is 1. The van der Waals surface area contributed by atoms with Gasteiger partial charge in [0, 0.05) is 54.5 Å². The summed E-state index contributed by atoms with van der Waals surface area (Å²) in [5, 5.41) is 12.3. The van der Waals surface area contributed by atoms with Crippen LogP contribution in [-0.2, 0) is 0 Å². The van der Waals surface area contributed by atoms with Gasteiger partial charge >= 0.3 is 0 Å². The molecule has 4 heterocycles. The Balaban J connectivity index is 0.940. The summed E-state index contributed by atoms with van der Waals surface area (Å²) in [4.78, 5) is 14.1. The third-order valence-electron chi connectivity index (χ3n) is 13.6. The SMILES string of the molecule is O=c1c2ccc(-c3cccc(-c4cccc5cc(-n6c7ccccc7c7ccc8c9ccccc9n(-c9ccccc9)c8c76)ccc45)c3)cc2c2cccc3c4ccccc4n1c23. The standard InChI is InChI=1S/C59H35N3O/c63-59-51-29-27-37(35-52(51)48-23-12-22-47-44-18-6-9-26-55(44)62(59)56(47)48)36-13-10-14-38(33-36)42-21-11-15-39-34-41(28-30-43(39)42)61-54-25-8-5-20-46(54)50-32-31-49-45-19-4-7-24-53(45)60(57(49)58(50)61)40-16-2-1-3-17-40/h1-35H. The van der Waals surface area contributed by atoms with Crippen molar-refractivity contribution in [2.45, 2.75) is 0 Å². The molecule has 0 radical (unpaired) electrons. The first-order valence-corrected chi connectivity index (χ1v) is 21.6. The second-order valence-corrected chi connectivity index (χ2v) is 16.8. The van der Waals surface area contributed by atoms with Crippen LogP contribution in [0.15, 0.2) is 217 Å². The van der Waals surface area contributed by atoms with E-state index < -0.39 is 0 Å². The van der Waals surface area contributed by atoms with Gasteiger partial charge in [0.2, 0.25) is 0 Å². The van der Waals surface area contributed by atoms with E-state index in [1.54, 1.807) is 0 Å². The number of aromatic nitrogens is 3. The zero-order chi connectivity index (χ0) is 41.3. The summed E-state index contributed by atoms with van der Waals surface area (Å²) in [6.07, 6.45) is 0. The maximum absolute atomic E-state index is 14.1. The van der Waals surface area contributed by atoms with Gasteiger partial charge in [0.25, 0.3) is 5.56 Å². The number of para-hydroxylation sites is 5. The van der Waals surface area contributed by atoms with Crippen LogP contribution in [0.5, 0.6) is 0 Å². The predicted octanol–water partition coefficient (Wildman–Crippen LogP) is 14.9. The van der Waals surface area contributed by atoms with Gasteiger partial charge < -0.3 is 9.13 Å². The molecule has 0 bridgehead atoms. The Labute approximate surface area is 360 Å². The topological polar surface area (TPSA) is 31.3 Å². The van der Waals surface area contributed by atoms with E-state index in [1.165, 1.54) is 59.9 Å². The van der Waals surface area contributed by atoms with Gasteiger partial charge in [0.1, 0.15) is 0 Å². The Morgan fingerprint density at radius 3 is 1.56 bits per heavy atom. The Bertz CT molecular complexity index is 4280. The van der Waals surface area contributed by atoms with E-state index in [0.717, 1.165) is 66.0 Å². The Morgan fingerprint density at radius 2 is 0.810 bits per heavy atom. The van der Waals surface area contributed by atoms with Crippen molar-refractivity contribution >= 4 is 92.3 Å². The molecule has 0 saturated carbocycles. The molecule has 0 atom stereocenters. The lowest BCUT2D eigenvalue weighted by molar-refractivity contribution is 1.15. The van der Waals surface area contributed by atoms with E-state index in [-0.39, 0.29) is 5.56 Å². The van der Waals surface area contributed by atoms with Gasteiger partial charge in [-0.1, -0.05) is 152 Å². The van der Waals surface area contributed by atoms with Crippen LogP contribution in [0.25, 0.3) is 126 Å². The average molecular weight is 802 g/mol. The van der Waals surface area contributed by atoms with E-state index in [0.29, 0.717) is 0 Å². The lowest BCUT2D eigenvalue weighted by atomic mass is 9.94. The van der Waals surface area contributed by atoms with Crippen molar-refractivity contribution in [3.63, 3.8) is 0 Å². The van der Waals surface area contributed by atoms with Gasteiger partial charge in [-0.2, -0.15) is 0 Å². The number of fused-ring (bicyclic) bond motifs is 13. The zero-order valence-corrected chi connectivity index (χ0v) is 34.0. The molecule has 0 aliphatic rings. The third-order valence-corrected chi connectivity index (χ3v) is 13.6. The van der Waals surface area contributed by atoms with E-state index in [1.807, 2.05) is 28.7 Å². The molecule has 0 amide bonds. The molecule has 0 unspecified atom stereocenters. The highest BCUT2D eigenvalue weighted by molar-refractivity contribution is 6.24. The molecule has 14 aromatic rings. The highest BCUT2D eigenvalue weighted by Crippen LogP contribution is 2.43. The summed E-state index contributed by atoms with van der Waals surface area (Å²) < 4.78 is 6.81. The first-order chi connectivity index (χ1) is 31.2. The molecule has 292 valence electrons. The monoisotopic (exact) mass is 801 g/mol. The van der Waals surface area contributed by atoms with Crippen molar-refractivity contribution in [2.75, 3.05) is 0 Å². The molecule has 14 rings (SSSR count). The highest BCUT2D eigenvalue weighted by atomic mass is 16.1. The second kappa shape index (κ2) is 12.8. The lowest BCUT2D eigenvalue weighted by Gasteiger charge is -2.14. The van der Waals surface area contributed by atoms with Gasteiger partial charge in [0.15, 0.2) is 0 Å². The molecule has 4 aromatic heterocycles. The Morgan fingerprint density at radius 1 is 0.286 bits per heavy atom. The second-order valence-electron chi connectivity index (χ2n) is 16.8. The maximum Gasteiger partial charge on any atom is 0.263 e. The Hall–Kier alpha value is -8.47. The summed E-state index contributed by atoms with van der Waals surface area (Å²) >= 11 is 0. The summed E-state index contributed by atoms with van der Waals surface area (Å²) in [6, 6.07) is 76.2. The quantitative estimate of drug-likeness (QED) is 0.163. The molecule has 0 aliphatic carbocycles. The van der Waals surface area contributed by atoms with E-state index in [9.17, 15) is 4.79 Å². The molecular formula is C59H35N3O. The lowest BCUT2D eigenvalue weighted by Crippen LogP contribution is -2.12. The van der Waals surface area contributed by atoms with Crippen LogP contribution < -0.4 is 5.56 Å². The van der Waals surface area contributed by atoms with Crippen LogP contribution >= 0.6 is 0 Å². The number of nitrogens with zero attached hydrogens (tertiary/aromatic N) is 3. The van der Waals surface area contributed by atoms with Gasteiger partial charge in [0.05, 0.1) is 33.1 Å². The number of pyridine rings is 1. The Kier molecular flexibility index (Phi) is 6.95. The molecule has 0 N–H and O–H groups in total. The van der Waals surface area contributed by atoms with Crippen molar-refractivity contribution in [1.29, 1.82) is 0 Å². The van der Waals surface area contributed by atoms with Crippen molar-refractivity contribution < 1.29 is 0 Å².